The van der Waals surface area contributed by atoms with E-state index < -0.39 is 18.6 Å². The molecule has 2 aliphatic rings. The second kappa shape index (κ2) is 9.60. The number of likely N-dealkylation sites (tertiary alicyclic amines) is 2. The minimum absolute atomic E-state index is 0. The summed E-state index contributed by atoms with van der Waals surface area (Å²) in [5.74, 6) is -0.983. The minimum atomic E-state index is -3.09. The zero-order valence-corrected chi connectivity index (χ0v) is 18.7. The molecule has 8 nitrogen and oxygen atoms in total. The number of rotatable bonds is 5. The van der Waals surface area contributed by atoms with E-state index in [1.54, 1.807) is 4.90 Å². The van der Waals surface area contributed by atoms with E-state index in [2.05, 4.69) is 20.8 Å². The first-order chi connectivity index (χ1) is 14.7. The number of halogens is 4. The predicted molar refractivity (Wildman–Crippen MR) is 114 cm³/mol. The van der Waals surface area contributed by atoms with Crippen molar-refractivity contribution in [3.8, 4) is 5.75 Å². The second-order valence-corrected chi connectivity index (χ2v) is 8.36. The summed E-state index contributed by atoms with van der Waals surface area (Å²) in [6, 6.07) is 5.97. The minimum Gasteiger partial charge on any atom is -0.435 e. The molecule has 2 N–H and O–H groups in total. The molecule has 3 atom stereocenters. The van der Waals surface area contributed by atoms with Gasteiger partial charge in [0.1, 0.15) is 11.7 Å². The van der Waals surface area contributed by atoms with Crippen LogP contribution in [0.15, 0.2) is 24.4 Å². The smallest absolute Gasteiger partial charge is 0.387 e. The van der Waals surface area contributed by atoms with Crippen LogP contribution in [0.25, 0.3) is 0 Å². The SMILES string of the molecule is CN1C[C@@H]2CN(C(=O)C(c3[c]cn(C(N)=O)n3)c3cc(Cl)ccc3OC(F)F)C[C@@H]2C1.Cl. The second-order valence-electron chi connectivity index (χ2n) is 7.92. The zero-order valence-electron chi connectivity index (χ0n) is 17.1. The van der Waals surface area contributed by atoms with E-state index in [1.165, 1.54) is 24.4 Å². The standard InChI is InChI=1S/C20H21ClF2N5O3.ClH/c1-26-7-11-9-27(10-12(11)8-26)18(29)17(15-4-5-28(25-15)20(24)30)14-6-13(21)2-3-16(14)31-19(22)23;/h2-3,5-6,11-12,17,19H,7-10H2,1H3,(H2,24,30);1H/t11-,12+,17?;. The maximum atomic E-state index is 13.6. The normalized spacial score (nSPS) is 21.3. The number of amides is 2. The molecule has 2 amide bonds. The van der Waals surface area contributed by atoms with Gasteiger partial charge in [-0.05, 0) is 37.1 Å². The summed E-state index contributed by atoms with van der Waals surface area (Å²) in [6.45, 7) is -0.222. The Morgan fingerprint density at radius 2 is 1.91 bits per heavy atom. The van der Waals surface area contributed by atoms with Crippen LogP contribution in [0.2, 0.25) is 5.02 Å². The number of alkyl halides is 2. The fraction of sp³-hybridized carbons (Fsp3) is 0.450. The van der Waals surface area contributed by atoms with E-state index in [0.717, 1.165) is 17.8 Å². The molecule has 0 bridgehead atoms. The summed E-state index contributed by atoms with van der Waals surface area (Å²) in [5.41, 5.74) is 5.45. The van der Waals surface area contributed by atoms with Gasteiger partial charge >= 0.3 is 12.6 Å². The van der Waals surface area contributed by atoms with Crippen LogP contribution in [-0.4, -0.2) is 71.4 Å². The van der Waals surface area contributed by atoms with E-state index in [4.69, 9.17) is 17.3 Å². The summed E-state index contributed by atoms with van der Waals surface area (Å²) in [7, 11) is 2.04. The third kappa shape index (κ3) is 4.82. The van der Waals surface area contributed by atoms with Crippen LogP contribution in [0.1, 0.15) is 17.2 Å². The molecule has 2 aromatic rings. The lowest BCUT2D eigenvalue weighted by atomic mass is 9.93. The molecule has 1 aromatic heterocycles. The molecule has 2 fully saturated rings. The quantitative estimate of drug-likeness (QED) is 0.697. The van der Waals surface area contributed by atoms with Crippen LogP contribution >= 0.6 is 24.0 Å². The number of hydrogen-bond acceptors (Lipinski definition) is 5. The lowest BCUT2D eigenvalue weighted by Crippen LogP contribution is -2.36. The van der Waals surface area contributed by atoms with Crippen molar-refractivity contribution in [1.29, 1.82) is 0 Å². The fourth-order valence-electron chi connectivity index (χ4n) is 4.49. The number of hydrogen-bond donors (Lipinski definition) is 1. The molecule has 2 saturated heterocycles. The Morgan fingerprint density at radius 1 is 1.25 bits per heavy atom. The van der Waals surface area contributed by atoms with Crippen LogP contribution < -0.4 is 10.5 Å². The average molecular weight is 489 g/mol. The maximum Gasteiger partial charge on any atom is 0.387 e. The van der Waals surface area contributed by atoms with Crippen molar-refractivity contribution in [2.24, 2.45) is 17.6 Å². The highest BCUT2D eigenvalue weighted by Crippen LogP contribution is 2.38. The zero-order chi connectivity index (χ0) is 22.3. The lowest BCUT2D eigenvalue weighted by molar-refractivity contribution is -0.131. The summed E-state index contributed by atoms with van der Waals surface area (Å²) in [6.07, 6.45) is 1.20. The van der Waals surface area contributed by atoms with E-state index >= 15 is 0 Å². The Labute approximate surface area is 194 Å². The highest BCUT2D eigenvalue weighted by Gasteiger charge is 2.43. The van der Waals surface area contributed by atoms with Gasteiger partial charge in [-0.1, -0.05) is 11.6 Å². The number of aromatic nitrogens is 2. The van der Waals surface area contributed by atoms with Crippen molar-refractivity contribution in [2.75, 3.05) is 33.2 Å². The molecule has 0 spiro atoms. The van der Waals surface area contributed by atoms with Crippen molar-refractivity contribution in [1.82, 2.24) is 19.6 Å². The van der Waals surface area contributed by atoms with E-state index in [-0.39, 0.29) is 40.3 Å². The van der Waals surface area contributed by atoms with Crippen molar-refractivity contribution >= 4 is 35.9 Å². The van der Waals surface area contributed by atoms with Gasteiger partial charge in [0.2, 0.25) is 5.91 Å². The Kier molecular flexibility index (Phi) is 7.26. The summed E-state index contributed by atoms with van der Waals surface area (Å²) < 4.78 is 31.5. The van der Waals surface area contributed by atoms with E-state index in [0.29, 0.717) is 24.9 Å². The summed E-state index contributed by atoms with van der Waals surface area (Å²) in [5, 5.41) is 4.30. The molecule has 2 aliphatic heterocycles. The number of nitrogens with zero attached hydrogens (tertiary/aromatic N) is 4. The molecule has 1 aromatic carbocycles. The third-order valence-corrected chi connectivity index (χ3v) is 6.01. The number of benzene rings is 1. The van der Waals surface area contributed by atoms with Crippen LogP contribution in [0.5, 0.6) is 5.75 Å². The first-order valence-electron chi connectivity index (χ1n) is 9.71. The first-order valence-corrected chi connectivity index (χ1v) is 10.1. The molecule has 0 aliphatic carbocycles. The van der Waals surface area contributed by atoms with Crippen LogP contribution in [-0.2, 0) is 4.79 Å². The molecule has 1 unspecified atom stereocenters. The summed E-state index contributed by atoms with van der Waals surface area (Å²) in [4.78, 5) is 29.0. The predicted octanol–water partition coefficient (Wildman–Crippen LogP) is 2.44. The van der Waals surface area contributed by atoms with Gasteiger partial charge in [-0.25, -0.2) is 4.79 Å². The van der Waals surface area contributed by atoms with Crippen LogP contribution in [0.3, 0.4) is 0 Å². The molecule has 32 heavy (non-hydrogen) atoms. The van der Waals surface area contributed by atoms with Gasteiger partial charge in [-0.3, -0.25) is 4.79 Å². The number of nitrogens with two attached hydrogens (primary N) is 1. The molecular formula is C20H22Cl2F2N5O3. The van der Waals surface area contributed by atoms with Gasteiger partial charge in [-0.2, -0.15) is 18.6 Å². The molecular weight excluding hydrogens is 467 g/mol. The van der Waals surface area contributed by atoms with Crippen molar-refractivity contribution in [3.05, 3.63) is 46.7 Å². The van der Waals surface area contributed by atoms with Gasteiger partial charge in [-0.15, -0.1) is 12.4 Å². The van der Waals surface area contributed by atoms with Crippen molar-refractivity contribution in [2.45, 2.75) is 12.5 Å². The Balaban J connectivity index is 0.00000289. The molecule has 173 valence electrons. The topological polar surface area (TPSA) is 93.7 Å². The Morgan fingerprint density at radius 3 is 2.47 bits per heavy atom. The number of primary amides is 1. The van der Waals surface area contributed by atoms with E-state index in [1.807, 2.05) is 7.05 Å². The van der Waals surface area contributed by atoms with E-state index in [9.17, 15) is 18.4 Å². The summed E-state index contributed by atoms with van der Waals surface area (Å²) >= 11 is 6.12. The van der Waals surface area contributed by atoms with Crippen LogP contribution in [0.4, 0.5) is 13.6 Å². The van der Waals surface area contributed by atoms with Gasteiger partial charge < -0.3 is 20.3 Å². The fourth-order valence-corrected chi connectivity index (χ4v) is 4.67. The number of fused-ring (bicyclic) bond motifs is 1. The Bertz CT molecular complexity index is 991. The van der Waals surface area contributed by atoms with Gasteiger partial charge in [0.15, 0.2) is 0 Å². The van der Waals surface area contributed by atoms with Gasteiger partial charge in [0, 0.05) is 49.0 Å². The highest BCUT2D eigenvalue weighted by molar-refractivity contribution is 6.30. The van der Waals surface area contributed by atoms with Gasteiger partial charge in [0.25, 0.3) is 0 Å². The third-order valence-electron chi connectivity index (χ3n) is 5.78. The van der Waals surface area contributed by atoms with Crippen LogP contribution in [0, 0.1) is 17.9 Å². The molecule has 0 saturated carbocycles. The van der Waals surface area contributed by atoms with Crippen molar-refractivity contribution < 1.29 is 23.1 Å². The number of ether oxygens (including phenoxy) is 1. The maximum absolute atomic E-state index is 13.6. The highest BCUT2D eigenvalue weighted by atomic mass is 35.5. The first kappa shape index (κ1) is 24.2. The monoisotopic (exact) mass is 488 g/mol. The molecule has 3 heterocycles. The van der Waals surface area contributed by atoms with Gasteiger partial charge in [0.05, 0.1) is 5.69 Å². The van der Waals surface area contributed by atoms with Crippen molar-refractivity contribution in [3.63, 3.8) is 0 Å². The number of carbonyl (C=O) groups excluding carboxylic acids is 2. The molecule has 4 rings (SSSR count). The molecule has 1 radical (unpaired) electrons. The lowest BCUT2D eigenvalue weighted by Gasteiger charge is -2.25. The molecule has 12 heteroatoms. The largest absolute Gasteiger partial charge is 0.435 e. The number of carbonyl (C=O) groups is 2. The average Bonchev–Trinajstić information content (AvgIpc) is 3.38. The Hall–Kier alpha value is -2.43.